The van der Waals surface area contributed by atoms with Gasteiger partial charge in [-0.1, -0.05) is 0 Å². The third-order valence-corrected chi connectivity index (χ3v) is 3.23. The van der Waals surface area contributed by atoms with Crippen molar-refractivity contribution < 1.29 is 4.79 Å². The summed E-state index contributed by atoms with van der Waals surface area (Å²) in [6, 6.07) is 7.07. The van der Waals surface area contributed by atoms with Crippen LogP contribution in [-0.2, 0) is 4.79 Å². The van der Waals surface area contributed by atoms with Crippen LogP contribution < -0.4 is 11.1 Å². The van der Waals surface area contributed by atoms with Crippen LogP contribution in [0.3, 0.4) is 0 Å². The summed E-state index contributed by atoms with van der Waals surface area (Å²) in [6.45, 7) is 0. The van der Waals surface area contributed by atoms with Crippen molar-refractivity contribution in [3.63, 3.8) is 0 Å². The first-order valence-corrected chi connectivity index (χ1v) is 6.77. The molecule has 19 heavy (non-hydrogen) atoms. The number of hydrogen-bond donors (Lipinski definition) is 2. The van der Waals surface area contributed by atoms with E-state index in [2.05, 4.69) is 15.3 Å². The summed E-state index contributed by atoms with van der Waals surface area (Å²) >= 11 is 1.51. The molecule has 2 rings (SSSR count). The lowest BCUT2D eigenvalue weighted by Crippen LogP contribution is -2.12. The van der Waals surface area contributed by atoms with Gasteiger partial charge in [0.25, 0.3) is 0 Å². The molecule has 6 heteroatoms. The van der Waals surface area contributed by atoms with Crippen LogP contribution in [0.1, 0.15) is 6.42 Å². The number of nitrogens with one attached hydrogen (secondary N) is 1. The van der Waals surface area contributed by atoms with Gasteiger partial charge in [0.1, 0.15) is 5.03 Å². The summed E-state index contributed by atoms with van der Waals surface area (Å²) in [5.74, 6) is 0.639. The predicted molar refractivity (Wildman–Crippen MR) is 76.9 cm³/mol. The fourth-order valence-corrected chi connectivity index (χ4v) is 2.17. The fraction of sp³-hybridized carbons (Fsp3) is 0.154. The minimum Gasteiger partial charge on any atom is -0.399 e. The quantitative estimate of drug-likeness (QED) is 0.645. The molecule has 0 aliphatic rings. The van der Waals surface area contributed by atoms with Crippen molar-refractivity contribution in [1.29, 1.82) is 0 Å². The number of amides is 1. The average Bonchev–Trinajstić information content (AvgIpc) is 2.43. The van der Waals surface area contributed by atoms with Gasteiger partial charge in [-0.15, -0.1) is 11.8 Å². The summed E-state index contributed by atoms with van der Waals surface area (Å²) in [5, 5.41) is 3.63. The lowest BCUT2D eigenvalue weighted by Gasteiger charge is -2.05. The van der Waals surface area contributed by atoms with Gasteiger partial charge in [0.05, 0.1) is 6.20 Å². The van der Waals surface area contributed by atoms with E-state index in [1.54, 1.807) is 42.9 Å². The number of nitrogens with two attached hydrogens (primary N) is 1. The van der Waals surface area contributed by atoms with E-state index < -0.39 is 0 Å². The van der Waals surface area contributed by atoms with Crippen molar-refractivity contribution >= 4 is 29.0 Å². The second-order valence-corrected chi connectivity index (χ2v) is 4.93. The highest BCUT2D eigenvalue weighted by atomic mass is 32.2. The highest BCUT2D eigenvalue weighted by molar-refractivity contribution is 7.99. The Bertz CT molecular complexity index is 530. The number of nitrogen functional groups attached to an aromatic ring is 1. The molecule has 0 saturated carbocycles. The Morgan fingerprint density at radius 2 is 2.05 bits per heavy atom. The molecule has 0 unspecified atom stereocenters. The van der Waals surface area contributed by atoms with Gasteiger partial charge in [-0.2, -0.15) is 0 Å². The number of hydrogen-bond acceptors (Lipinski definition) is 5. The molecular formula is C13H14N4OS. The maximum Gasteiger partial charge on any atom is 0.225 e. The molecule has 1 amide bonds. The van der Waals surface area contributed by atoms with E-state index in [0.29, 0.717) is 17.9 Å². The van der Waals surface area contributed by atoms with Gasteiger partial charge in [0, 0.05) is 35.9 Å². The average molecular weight is 274 g/mol. The zero-order valence-corrected chi connectivity index (χ0v) is 11.1. The highest BCUT2D eigenvalue weighted by Gasteiger charge is 2.03. The monoisotopic (exact) mass is 274 g/mol. The zero-order chi connectivity index (χ0) is 13.5. The summed E-state index contributed by atoms with van der Waals surface area (Å²) in [6.07, 6.45) is 5.36. The van der Waals surface area contributed by atoms with Crippen molar-refractivity contribution in [3.8, 4) is 0 Å². The molecule has 0 atom stereocenters. The van der Waals surface area contributed by atoms with Crippen LogP contribution in [0, 0.1) is 0 Å². The Hall–Kier alpha value is -2.08. The Balaban J connectivity index is 1.74. The van der Waals surface area contributed by atoms with Crippen LogP contribution in [0.15, 0.2) is 47.9 Å². The topological polar surface area (TPSA) is 80.9 Å². The van der Waals surface area contributed by atoms with Crippen LogP contribution in [0.25, 0.3) is 0 Å². The maximum atomic E-state index is 11.7. The summed E-state index contributed by atoms with van der Waals surface area (Å²) < 4.78 is 0. The van der Waals surface area contributed by atoms with Gasteiger partial charge >= 0.3 is 0 Å². The molecule has 0 aliphatic carbocycles. The molecule has 2 aromatic rings. The molecule has 0 spiro atoms. The number of thioether (sulfide) groups is 1. The molecule has 0 aliphatic heterocycles. The van der Waals surface area contributed by atoms with Crippen molar-refractivity contribution in [1.82, 2.24) is 9.97 Å². The largest absolute Gasteiger partial charge is 0.399 e. The highest BCUT2D eigenvalue weighted by Crippen LogP contribution is 2.15. The molecule has 3 N–H and O–H groups in total. The Kier molecular flexibility index (Phi) is 4.74. The second-order valence-electron chi connectivity index (χ2n) is 3.81. The van der Waals surface area contributed by atoms with Crippen molar-refractivity contribution in [3.05, 3.63) is 42.9 Å². The van der Waals surface area contributed by atoms with Crippen LogP contribution >= 0.6 is 11.8 Å². The van der Waals surface area contributed by atoms with E-state index in [9.17, 15) is 4.79 Å². The Morgan fingerprint density at radius 3 is 2.74 bits per heavy atom. The predicted octanol–water partition coefficient (Wildman–Crippen LogP) is 2.18. The van der Waals surface area contributed by atoms with Crippen LogP contribution in [0.2, 0.25) is 0 Å². The minimum atomic E-state index is -0.0267. The van der Waals surface area contributed by atoms with Gasteiger partial charge < -0.3 is 11.1 Å². The molecule has 98 valence electrons. The van der Waals surface area contributed by atoms with E-state index in [4.69, 9.17) is 5.73 Å². The molecule has 1 aromatic heterocycles. The van der Waals surface area contributed by atoms with Crippen molar-refractivity contribution in [2.45, 2.75) is 11.4 Å². The molecule has 0 fully saturated rings. The first-order chi connectivity index (χ1) is 9.24. The normalized spacial score (nSPS) is 10.1. The number of rotatable bonds is 5. The third-order valence-electron chi connectivity index (χ3n) is 2.31. The number of anilines is 2. The fourth-order valence-electron chi connectivity index (χ4n) is 1.40. The number of carbonyl (C=O) groups excluding carboxylic acids is 1. The van der Waals surface area contributed by atoms with Gasteiger partial charge in [0.15, 0.2) is 0 Å². The number of carbonyl (C=O) groups is 1. The molecule has 0 radical (unpaired) electrons. The van der Waals surface area contributed by atoms with E-state index in [1.807, 2.05) is 0 Å². The number of benzene rings is 1. The lowest BCUT2D eigenvalue weighted by molar-refractivity contribution is -0.115. The smallest absolute Gasteiger partial charge is 0.225 e. The summed E-state index contributed by atoms with van der Waals surface area (Å²) in [7, 11) is 0. The summed E-state index contributed by atoms with van der Waals surface area (Å²) in [4.78, 5) is 19.8. The summed E-state index contributed by atoms with van der Waals surface area (Å²) in [5.41, 5.74) is 7.00. The molecule has 5 nitrogen and oxygen atoms in total. The van der Waals surface area contributed by atoms with Gasteiger partial charge in [-0.25, -0.2) is 4.98 Å². The van der Waals surface area contributed by atoms with Crippen molar-refractivity contribution in [2.75, 3.05) is 16.8 Å². The van der Waals surface area contributed by atoms with E-state index in [0.717, 1.165) is 10.7 Å². The lowest BCUT2D eigenvalue weighted by atomic mass is 10.3. The molecule has 1 heterocycles. The van der Waals surface area contributed by atoms with Crippen molar-refractivity contribution in [2.24, 2.45) is 0 Å². The standard InChI is InChI=1S/C13H14N4OS/c14-10-1-3-11(4-2-10)17-12(18)5-8-19-13-9-15-6-7-16-13/h1-4,6-7,9H,5,8,14H2,(H,17,18). The first-order valence-electron chi connectivity index (χ1n) is 5.78. The molecular weight excluding hydrogens is 260 g/mol. The first kappa shape index (κ1) is 13.4. The molecule has 1 aromatic carbocycles. The minimum absolute atomic E-state index is 0.0267. The molecule has 0 saturated heterocycles. The number of aromatic nitrogens is 2. The van der Waals surface area contributed by atoms with Gasteiger partial charge in [-0.05, 0) is 24.3 Å². The van der Waals surface area contributed by atoms with Crippen LogP contribution in [0.4, 0.5) is 11.4 Å². The maximum absolute atomic E-state index is 11.7. The van der Waals surface area contributed by atoms with E-state index in [-0.39, 0.29) is 5.91 Å². The molecule has 0 bridgehead atoms. The van der Waals surface area contributed by atoms with Gasteiger partial charge in [0.2, 0.25) is 5.91 Å². The number of nitrogens with zero attached hydrogens (tertiary/aromatic N) is 2. The van der Waals surface area contributed by atoms with Gasteiger partial charge in [-0.3, -0.25) is 9.78 Å². The van der Waals surface area contributed by atoms with E-state index in [1.165, 1.54) is 11.8 Å². The Morgan fingerprint density at radius 1 is 1.26 bits per heavy atom. The SMILES string of the molecule is Nc1ccc(NC(=O)CCSc2cnccn2)cc1. The zero-order valence-electron chi connectivity index (χ0n) is 10.2. The second kappa shape index (κ2) is 6.75. The van der Waals surface area contributed by atoms with E-state index >= 15 is 0 Å². The van der Waals surface area contributed by atoms with Crippen LogP contribution in [-0.4, -0.2) is 21.6 Å². The van der Waals surface area contributed by atoms with Crippen LogP contribution in [0.5, 0.6) is 0 Å². The Labute approximate surface area is 115 Å². The third kappa shape index (κ3) is 4.59.